The Morgan fingerprint density at radius 2 is 1.81 bits per heavy atom. The zero-order valence-electron chi connectivity index (χ0n) is 14.1. The molecule has 132 valence electrons. The van der Waals surface area contributed by atoms with Crippen molar-refractivity contribution in [3.8, 4) is 0 Å². The van der Waals surface area contributed by atoms with Crippen molar-refractivity contribution in [3.05, 3.63) is 75.1 Å². The van der Waals surface area contributed by atoms with Gasteiger partial charge in [0.25, 0.3) is 11.1 Å². The average molecular weight is 350 g/mol. The zero-order chi connectivity index (χ0) is 18.1. The second-order valence-corrected chi connectivity index (χ2v) is 6.49. The van der Waals surface area contributed by atoms with Gasteiger partial charge in [-0.05, 0) is 42.7 Å². The Hall–Kier alpha value is -3.22. The van der Waals surface area contributed by atoms with Crippen molar-refractivity contribution in [1.29, 1.82) is 0 Å². The van der Waals surface area contributed by atoms with E-state index in [1.165, 1.54) is 0 Å². The van der Waals surface area contributed by atoms with Gasteiger partial charge in [0, 0.05) is 25.0 Å². The fourth-order valence-electron chi connectivity index (χ4n) is 3.08. The number of H-pyrrole nitrogens is 1. The van der Waals surface area contributed by atoms with Crippen LogP contribution in [0.2, 0.25) is 0 Å². The minimum atomic E-state index is -0.375. The van der Waals surface area contributed by atoms with Crippen LogP contribution in [0.4, 0.5) is 0 Å². The number of aromatic amines is 1. The zero-order valence-corrected chi connectivity index (χ0v) is 14.1. The summed E-state index contributed by atoms with van der Waals surface area (Å²) < 4.78 is 1.11. The van der Waals surface area contributed by atoms with Crippen molar-refractivity contribution < 1.29 is 4.79 Å². The molecule has 0 saturated heterocycles. The topological polar surface area (TPSA) is 88.1 Å². The van der Waals surface area contributed by atoms with E-state index in [0.717, 1.165) is 23.1 Å². The second kappa shape index (κ2) is 6.59. The number of pyridine rings is 1. The Kier molecular flexibility index (Phi) is 4.12. The van der Waals surface area contributed by atoms with Crippen LogP contribution >= 0.6 is 0 Å². The highest BCUT2D eigenvalue weighted by Crippen LogP contribution is 2.28. The van der Waals surface area contributed by atoms with Gasteiger partial charge >= 0.3 is 0 Å². The SMILES string of the molecule is O=C(Cn1[nH]c(=O)c2ccccc2c1=O)N(Cc1ccncc1)C1CC1. The number of nitrogens with one attached hydrogen (secondary N) is 1. The maximum absolute atomic E-state index is 12.8. The molecule has 1 saturated carbocycles. The van der Waals surface area contributed by atoms with Crippen molar-refractivity contribution in [2.45, 2.75) is 32.0 Å². The molecule has 2 aromatic heterocycles. The van der Waals surface area contributed by atoms with Crippen LogP contribution in [0, 0.1) is 0 Å². The highest BCUT2D eigenvalue weighted by Gasteiger charge is 2.32. The van der Waals surface area contributed by atoms with E-state index in [0.29, 0.717) is 17.3 Å². The standard InChI is InChI=1S/C19H18N4O3/c24-17(22(14-5-6-14)11-13-7-9-20-10-8-13)12-23-19(26)16-4-2-1-3-15(16)18(25)21-23/h1-4,7-10,14H,5-6,11-12H2,(H,21,25). The summed E-state index contributed by atoms with van der Waals surface area (Å²) in [4.78, 5) is 43.4. The predicted molar refractivity (Wildman–Crippen MR) is 96.6 cm³/mol. The molecule has 4 rings (SSSR count). The molecule has 1 aromatic carbocycles. The Morgan fingerprint density at radius 3 is 2.50 bits per heavy atom. The highest BCUT2D eigenvalue weighted by atomic mass is 16.2. The lowest BCUT2D eigenvalue weighted by molar-refractivity contribution is -0.133. The molecule has 1 amide bonds. The molecular weight excluding hydrogens is 332 g/mol. The largest absolute Gasteiger partial charge is 0.334 e. The van der Waals surface area contributed by atoms with Gasteiger partial charge < -0.3 is 4.90 Å². The third-order valence-electron chi connectivity index (χ3n) is 4.59. The third kappa shape index (κ3) is 3.15. The molecule has 3 aromatic rings. The number of hydrogen-bond donors (Lipinski definition) is 1. The lowest BCUT2D eigenvalue weighted by Gasteiger charge is -2.23. The van der Waals surface area contributed by atoms with E-state index in [2.05, 4.69) is 10.1 Å². The maximum atomic E-state index is 12.8. The fraction of sp³-hybridized carbons (Fsp3) is 0.263. The van der Waals surface area contributed by atoms with Crippen LogP contribution in [0.25, 0.3) is 10.8 Å². The van der Waals surface area contributed by atoms with Gasteiger partial charge in [-0.1, -0.05) is 12.1 Å². The molecule has 0 bridgehead atoms. The number of nitrogens with zero attached hydrogens (tertiary/aromatic N) is 3. The van der Waals surface area contributed by atoms with Gasteiger partial charge in [0.05, 0.1) is 10.8 Å². The summed E-state index contributed by atoms with van der Waals surface area (Å²) in [5.41, 5.74) is 0.243. The van der Waals surface area contributed by atoms with Crippen molar-refractivity contribution in [2.75, 3.05) is 0 Å². The van der Waals surface area contributed by atoms with E-state index in [1.807, 2.05) is 12.1 Å². The lowest BCUT2D eigenvalue weighted by atomic mass is 10.2. The molecule has 7 heteroatoms. The molecule has 1 aliphatic rings. The van der Waals surface area contributed by atoms with E-state index in [4.69, 9.17) is 0 Å². The van der Waals surface area contributed by atoms with Crippen LogP contribution < -0.4 is 11.1 Å². The molecule has 1 aliphatic carbocycles. The van der Waals surface area contributed by atoms with Crippen molar-refractivity contribution in [2.24, 2.45) is 0 Å². The molecule has 26 heavy (non-hydrogen) atoms. The third-order valence-corrected chi connectivity index (χ3v) is 4.59. The number of aromatic nitrogens is 3. The van der Waals surface area contributed by atoms with Crippen LogP contribution in [0.5, 0.6) is 0 Å². The number of rotatable bonds is 5. The van der Waals surface area contributed by atoms with Crippen LogP contribution in [0.3, 0.4) is 0 Å². The summed E-state index contributed by atoms with van der Waals surface area (Å²) in [6, 6.07) is 10.5. The summed E-state index contributed by atoms with van der Waals surface area (Å²) in [5, 5.41) is 3.17. The average Bonchev–Trinajstić information content (AvgIpc) is 3.50. The van der Waals surface area contributed by atoms with Gasteiger partial charge in [-0.3, -0.25) is 24.5 Å². The minimum absolute atomic E-state index is 0.180. The summed E-state index contributed by atoms with van der Waals surface area (Å²) in [6.07, 6.45) is 5.30. The number of amides is 1. The number of hydrogen-bond acceptors (Lipinski definition) is 4. The molecule has 0 radical (unpaired) electrons. The van der Waals surface area contributed by atoms with Gasteiger partial charge in [-0.25, -0.2) is 4.68 Å². The lowest BCUT2D eigenvalue weighted by Crippen LogP contribution is -2.40. The van der Waals surface area contributed by atoms with Crippen molar-refractivity contribution in [3.63, 3.8) is 0 Å². The van der Waals surface area contributed by atoms with Crippen LogP contribution in [0.1, 0.15) is 18.4 Å². The highest BCUT2D eigenvalue weighted by molar-refractivity contribution is 5.81. The molecule has 0 unspecified atom stereocenters. The Bertz CT molecular complexity index is 1070. The van der Waals surface area contributed by atoms with Crippen LogP contribution in [-0.4, -0.2) is 31.6 Å². The van der Waals surface area contributed by atoms with E-state index < -0.39 is 0 Å². The first-order valence-electron chi connectivity index (χ1n) is 8.54. The van der Waals surface area contributed by atoms with E-state index >= 15 is 0 Å². The fourth-order valence-corrected chi connectivity index (χ4v) is 3.08. The van der Waals surface area contributed by atoms with E-state index in [9.17, 15) is 14.4 Å². The number of carbonyl (C=O) groups is 1. The summed E-state index contributed by atoms with van der Waals surface area (Å²) in [7, 11) is 0. The van der Waals surface area contributed by atoms with Gasteiger partial charge in [0.15, 0.2) is 0 Å². The molecule has 0 spiro atoms. The molecule has 1 fully saturated rings. The Labute approximate surface area is 148 Å². The first kappa shape index (κ1) is 16.3. The Morgan fingerprint density at radius 1 is 1.12 bits per heavy atom. The smallest absolute Gasteiger partial charge is 0.273 e. The first-order chi connectivity index (χ1) is 12.6. The van der Waals surface area contributed by atoms with Crippen LogP contribution in [0.15, 0.2) is 58.4 Å². The quantitative estimate of drug-likeness (QED) is 0.751. The number of carbonyl (C=O) groups excluding carboxylic acids is 1. The monoisotopic (exact) mass is 350 g/mol. The molecule has 1 N–H and O–H groups in total. The number of fused-ring (bicyclic) bond motifs is 1. The van der Waals surface area contributed by atoms with Crippen molar-refractivity contribution >= 4 is 16.7 Å². The summed E-state index contributed by atoms with van der Waals surface area (Å²) in [6.45, 7) is 0.291. The second-order valence-electron chi connectivity index (χ2n) is 6.49. The van der Waals surface area contributed by atoms with E-state index in [1.54, 1.807) is 41.6 Å². The van der Waals surface area contributed by atoms with Gasteiger partial charge in [0.1, 0.15) is 6.54 Å². The van der Waals surface area contributed by atoms with E-state index in [-0.39, 0.29) is 29.6 Å². The van der Waals surface area contributed by atoms with Gasteiger partial charge in [0.2, 0.25) is 5.91 Å². The molecule has 2 heterocycles. The minimum Gasteiger partial charge on any atom is -0.334 e. The molecule has 0 atom stereocenters. The summed E-state index contributed by atoms with van der Waals surface area (Å²) >= 11 is 0. The van der Waals surface area contributed by atoms with Crippen molar-refractivity contribution in [1.82, 2.24) is 19.7 Å². The first-order valence-corrected chi connectivity index (χ1v) is 8.54. The van der Waals surface area contributed by atoms with Gasteiger partial charge in [-0.2, -0.15) is 0 Å². The maximum Gasteiger partial charge on any atom is 0.273 e. The molecule has 0 aliphatic heterocycles. The van der Waals surface area contributed by atoms with Gasteiger partial charge in [-0.15, -0.1) is 0 Å². The molecular formula is C19H18N4O3. The van der Waals surface area contributed by atoms with Crippen LogP contribution in [-0.2, 0) is 17.9 Å². The molecule has 7 nitrogen and oxygen atoms in total. The Balaban J connectivity index is 1.62. The normalized spacial score (nSPS) is 13.7. The number of benzene rings is 1. The predicted octanol–water partition coefficient (Wildman–Crippen LogP) is 1.28. The summed E-state index contributed by atoms with van der Waals surface area (Å²) in [5.74, 6) is -0.183.